The maximum absolute atomic E-state index is 12.2. The van der Waals surface area contributed by atoms with E-state index in [4.69, 9.17) is 4.74 Å². The van der Waals surface area contributed by atoms with Gasteiger partial charge in [0.1, 0.15) is 25.1 Å². The first kappa shape index (κ1) is 13.9. The van der Waals surface area contributed by atoms with Gasteiger partial charge in [0, 0.05) is 12.6 Å². The lowest BCUT2D eigenvalue weighted by Crippen LogP contribution is -2.37. The highest BCUT2D eigenvalue weighted by Crippen LogP contribution is 2.12. The van der Waals surface area contributed by atoms with Gasteiger partial charge >= 0.3 is 0 Å². The Morgan fingerprint density at radius 2 is 2.24 bits per heavy atom. The smallest absolute Gasteiger partial charge is 0.119 e. The van der Waals surface area contributed by atoms with Crippen LogP contribution in [0.2, 0.25) is 0 Å². The van der Waals surface area contributed by atoms with Crippen molar-refractivity contribution in [2.75, 3.05) is 19.8 Å². The summed E-state index contributed by atoms with van der Waals surface area (Å²) in [6.45, 7) is 3.81. The van der Waals surface area contributed by atoms with Crippen molar-refractivity contribution in [1.29, 1.82) is 0 Å². The number of halogens is 1. The van der Waals surface area contributed by atoms with Crippen molar-refractivity contribution in [1.82, 2.24) is 5.32 Å². The summed E-state index contributed by atoms with van der Waals surface area (Å²) in [4.78, 5) is 0. The van der Waals surface area contributed by atoms with Gasteiger partial charge in [0.15, 0.2) is 0 Å². The number of hydrogen-bond donors (Lipinski definition) is 2. The first-order valence-electron chi connectivity index (χ1n) is 5.78. The Kier molecular flexibility index (Phi) is 5.94. The fourth-order valence-electron chi connectivity index (χ4n) is 1.35. The molecule has 96 valence electrons. The van der Waals surface area contributed by atoms with Gasteiger partial charge in [-0.2, -0.15) is 0 Å². The molecular formula is C13H20FNO2. The third kappa shape index (κ3) is 5.65. The molecule has 1 unspecified atom stereocenters. The molecule has 0 amide bonds. The van der Waals surface area contributed by atoms with Crippen molar-refractivity contribution in [3.05, 3.63) is 29.8 Å². The predicted octanol–water partition coefficient (Wildman–Crippen LogP) is 1.68. The molecule has 0 heterocycles. The van der Waals surface area contributed by atoms with E-state index >= 15 is 0 Å². The standard InChI is InChI=1S/C13H20FNO2/c1-10-4-3-5-13(6-10)17-9-12(16)8-15-11(2)7-14/h3-6,11-12,15-16H,7-9H2,1-2H3/t11?,12-/m1/s1/i14-1. The molecule has 0 fully saturated rings. The minimum Gasteiger partial charge on any atom is -0.491 e. The molecule has 0 saturated heterocycles. The Bertz CT molecular complexity index is 333. The second-order valence-electron chi connectivity index (χ2n) is 4.24. The molecule has 0 aliphatic rings. The maximum Gasteiger partial charge on any atom is 0.119 e. The molecule has 4 heteroatoms. The lowest BCUT2D eigenvalue weighted by atomic mass is 10.2. The molecule has 0 radical (unpaired) electrons. The number of aliphatic hydroxyl groups excluding tert-OH is 1. The Hall–Kier alpha value is -1.13. The number of aliphatic hydroxyl groups is 1. The quantitative estimate of drug-likeness (QED) is 0.762. The topological polar surface area (TPSA) is 41.5 Å². The summed E-state index contributed by atoms with van der Waals surface area (Å²) in [5.74, 6) is 0.739. The fourth-order valence-corrected chi connectivity index (χ4v) is 1.35. The van der Waals surface area contributed by atoms with Crippen LogP contribution in [0.25, 0.3) is 0 Å². The molecule has 1 aromatic rings. The van der Waals surface area contributed by atoms with E-state index in [2.05, 4.69) is 5.32 Å². The third-order valence-electron chi connectivity index (χ3n) is 2.37. The zero-order chi connectivity index (χ0) is 12.7. The van der Waals surface area contributed by atoms with Crippen LogP contribution >= 0.6 is 0 Å². The first-order valence-corrected chi connectivity index (χ1v) is 5.78. The van der Waals surface area contributed by atoms with Gasteiger partial charge in [0.05, 0.1) is 0 Å². The highest BCUT2D eigenvalue weighted by atomic mass is 18.2. The molecule has 3 nitrogen and oxygen atoms in total. The Labute approximate surface area is 102 Å². The molecule has 0 aliphatic heterocycles. The SMILES string of the molecule is Cc1cccc(OC[C@H](O)CNC(C)C[18F])c1. The first-order chi connectivity index (χ1) is 8.11. The van der Waals surface area contributed by atoms with Crippen molar-refractivity contribution >= 4 is 0 Å². The van der Waals surface area contributed by atoms with Gasteiger partial charge in [-0.1, -0.05) is 12.1 Å². The van der Waals surface area contributed by atoms with Crippen LogP contribution in [0.4, 0.5) is 4.39 Å². The largest absolute Gasteiger partial charge is 0.491 e. The maximum atomic E-state index is 12.2. The summed E-state index contributed by atoms with van der Waals surface area (Å²) in [5, 5.41) is 12.5. The highest BCUT2D eigenvalue weighted by molar-refractivity contribution is 5.27. The lowest BCUT2D eigenvalue weighted by molar-refractivity contribution is 0.103. The van der Waals surface area contributed by atoms with Crippen molar-refractivity contribution in [3.63, 3.8) is 0 Å². The zero-order valence-corrected chi connectivity index (χ0v) is 10.3. The molecule has 0 saturated carbocycles. The minimum atomic E-state index is -0.635. The minimum absolute atomic E-state index is 0.204. The number of benzene rings is 1. The molecule has 1 rings (SSSR count). The number of aryl methyl sites for hydroxylation is 1. The predicted molar refractivity (Wildman–Crippen MR) is 66.1 cm³/mol. The number of nitrogens with one attached hydrogen (secondary N) is 1. The van der Waals surface area contributed by atoms with E-state index in [1.165, 1.54) is 0 Å². The summed E-state index contributed by atoms with van der Waals surface area (Å²) in [7, 11) is 0. The molecule has 1 aromatic carbocycles. The molecule has 0 bridgehead atoms. The van der Waals surface area contributed by atoms with Crippen molar-refractivity contribution in [3.8, 4) is 5.75 Å². The summed E-state index contributed by atoms with van der Waals surface area (Å²) in [6, 6.07) is 7.40. The van der Waals surface area contributed by atoms with E-state index < -0.39 is 12.8 Å². The van der Waals surface area contributed by atoms with Crippen LogP contribution < -0.4 is 10.1 Å². The fraction of sp³-hybridized carbons (Fsp3) is 0.538. The number of hydrogen-bond acceptors (Lipinski definition) is 3. The van der Waals surface area contributed by atoms with Crippen LogP contribution in [0, 0.1) is 6.92 Å². The normalized spacial score (nSPS) is 14.4. The second kappa shape index (κ2) is 7.25. The van der Waals surface area contributed by atoms with Gasteiger partial charge in [-0.3, -0.25) is 0 Å². The molecule has 2 N–H and O–H groups in total. The average molecular weight is 240 g/mol. The summed E-state index contributed by atoms with van der Waals surface area (Å²) >= 11 is 0. The van der Waals surface area contributed by atoms with Crippen LogP contribution in [0.1, 0.15) is 12.5 Å². The van der Waals surface area contributed by atoms with Gasteiger partial charge in [-0.25, -0.2) is 4.39 Å². The van der Waals surface area contributed by atoms with E-state index in [1.807, 2.05) is 31.2 Å². The molecule has 0 aromatic heterocycles. The number of rotatable bonds is 7. The van der Waals surface area contributed by atoms with Crippen molar-refractivity contribution < 1.29 is 14.2 Å². The molecule has 17 heavy (non-hydrogen) atoms. The Morgan fingerprint density at radius 3 is 2.88 bits per heavy atom. The Balaban J connectivity index is 2.26. The third-order valence-corrected chi connectivity index (χ3v) is 2.37. The average Bonchev–Trinajstić information content (AvgIpc) is 2.33. The number of ether oxygens (including phenoxy) is 1. The van der Waals surface area contributed by atoms with E-state index in [0.29, 0.717) is 6.54 Å². The van der Waals surface area contributed by atoms with Crippen LogP contribution in [0.5, 0.6) is 5.75 Å². The summed E-state index contributed by atoms with van der Waals surface area (Å²) < 4.78 is 17.6. The summed E-state index contributed by atoms with van der Waals surface area (Å²) in [5.41, 5.74) is 1.11. The monoisotopic (exact) mass is 240 g/mol. The lowest BCUT2D eigenvalue weighted by Gasteiger charge is -2.15. The van der Waals surface area contributed by atoms with Crippen LogP contribution in [-0.4, -0.2) is 37.1 Å². The van der Waals surface area contributed by atoms with Gasteiger partial charge in [-0.05, 0) is 31.5 Å². The zero-order valence-electron chi connectivity index (χ0n) is 10.3. The second-order valence-corrected chi connectivity index (χ2v) is 4.24. The van der Waals surface area contributed by atoms with Crippen molar-refractivity contribution in [2.24, 2.45) is 0 Å². The molecule has 2 atom stereocenters. The summed E-state index contributed by atoms with van der Waals surface area (Å²) in [6.07, 6.45) is -0.635. The highest BCUT2D eigenvalue weighted by Gasteiger charge is 2.07. The van der Waals surface area contributed by atoms with Gasteiger partial charge in [0.2, 0.25) is 0 Å². The Morgan fingerprint density at radius 1 is 1.47 bits per heavy atom. The molecular weight excluding hydrogens is 220 g/mol. The van der Waals surface area contributed by atoms with E-state index in [9.17, 15) is 9.50 Å². The van der Waals surface area contributed by atoms with E-state index in [1.54, 1.807) is 6.92 Å². The van der Waals surface area contributed by atoms with E-state index in [-0.39, 0.29) is 12.6 Å². The molecule has 0 aliphatic carbocycles. The number of alkyl halides is 1. The molecule has 0 spiro atoms. The van der Waals surface area contributed by atoms with Crippen LogP contribution in [0.3, 0.4) is 0 Å². The van der Waals surface area contributed by atoms with Gasteiger partial charge in [-0.15, -0.1) is 0 Å². The van der Waals surface area contributed by atoms with Crippen molar-refractivity contribution in [2.45, 2.75) is 26.0 Å². The van der Waals surface area contributed by atoms with Gasteiger partial charge < -0.3 is 15.2 Å². The van der Waals surface area contributed by atoms with Crippen LogP contribution in [0.15, 0.2) is 24.3 Å². The van der Waals surface area contributed by atoms with Gasteiger partial charge in [0.25, 0.3) is 0 Å². The van der Waals surface area contributed by atoms with Crippen LogP contribution in [-0.2, 0) is 0 Å². The van der Waals surface area contributed by atoms with E-state index in [0.717, 1.165) is 11.3 Å².